The Morgan fingerprint density at radius 3 is 1.92 bits per heavy atom. The molecule has 2 heterocycles. The fraction of sp³-hybridized carbons (Fsp3) is 0.667. The average molecular weight is 555 g/mol. The number of carbonyl (C=O) groups excluding carboxylic acids is 1. The summed E-state index contributed by atoms with van der Waals surface area (Å²) in [6.45, 7) is 8.59. The number of hydrogen-bond acceptors (Lipinski definition) is 3. The molecule has 0 aliphatic rings. The van der Waals surface area contributed by atoms with E-state index in [2.05, 4.69) is 37.9 Å². The molecule has 0 amide bonds. The third-order valence-electron chi connectivity index (χ3n) is 7.70. The maximum Gasteiger partial charge on any atom is 0.194 e. The number of hydrogen-bond donors (Lipinski definition) is 1. The van der Waals surface area contributed by atoms with Gasteiger partial charge >= 0.3 is 0 Å². The predicted molar refractivity (Wildman–Crippen MR) is 165 cm³/mol. The zero-order valence-corrected chi connectivity index (χ0v) is 25.7. The smallest absolute Gasteiger partial charge is 0.194 e. The number of Topliss-reactive ketones (excluding diaryl/α,β-unsaturated/α-hetero) is 1. The molecular weight excluding hydrogens is 504 g/mol. The highest BCUT2D eigenvalue weighted by molar-refractivity contribution is 6.34. The van der Waals surface area contributed by atoms with Crippen LogP contribution in [0, 0.1) is 0 Å². The Labute approximate surface area is 241 Å². The van der Waals surface area contributed by atoms with Gasteiger partial charge in [-0.3, -0.25) is 9.89 Å². The van der Waals surface area contributed by atoms with Gasteiger partial charge in [-0.1, -0.05) is 153 Å². The molecule has 3 aromatic rings. The lowest BCUT2D eigenvalue weighted by Crippen LogP contribution is -2.13. The number of rotatable bonds is 19. The van der Waals surface area contributed by atoms with E-state index in [1.807, 2.05) is 24.3 Å². The van der Waals surface area contributed by atoms with Gasteiger partial charge in [-0.05, 0) is 12.0 Å². The molecule has 3 rings (SSSR count). The maximum absolute atomic E-state index is 12.8. The molecule has 0 bridgehead atoms. The van der Waals surface area contributed by atoms with Crippen LogP contribution < -0.4 is 0 Å². The van der Waals surface area contributed by atoms with Crippen molar-refractivity contribution in [2.45, 2.75) is 142 Å². The Morgan fingerprint density at radius 2 is 1.38 bits per heavy atom. The number of nitrogens with one attached hydrogen (secondary N) is 1. The molecule has 0 aliphatic heterocycles. The Hall–Kier alpha value is -2.14. The van der Waals surface area contributed by atoms with Gasteiger partial charge in [-0.25, -0.2) is 4.98 Å². The normalized spacial score (nSPS) is 12.0. The lowest BCUT2D eigenvalue weighted by molar-refractivity contribution is -0.118. The highest BCUT2D eigenvalue weighted by Gasteiger charge is 2.25. The first-order chi connectivity index (χ1) is 18.8. The number of halogens is 1. The van der Waals surface area contributed by atoms with Crippen LogP contribution in [-0.2, 0) is 16.6 Å². The highest BCUT2D eigenvalue weighted by atomic mass is 35.5. The number of unbranched alkanes of at least 4 members (excludes halogenated alkanes) is 14. The lowest BCUT2D eigenvalue weighted by atomic mass is 9.92. The quantitative estimate of drug-likeness (QED) is 0.150. The number of aromatic nitrogens is 4. The molecule has 0 fully saturated rings. The zero-order valence-electron chi connectivity index (χ0n) is 25.0. The largest absolute Gasteiger partial charge is 0.299 e. The van der Waals surface area contributed by atoms with Gasteiger partial charge in [0.05, 0.1) is 5.69 Å². The molecule has 2 aromatic heterocycles. The second-order valence-corrected chi connectivity index (χ2v) is 12.7. The molecule has 0 saturated carbocycles. The number of fused-ring (bicyclic) bond motifs is 1. The third-order valence-corrected chi connectivity index (χ3v) is 8.05. The molecule has 0 unspecified atom stereocenters. The van der Waals surface area contributed by atoms with Crippen LogP contribution in [-0.4, -0.2) is 25.6 Å². The van der Waals surface area contributed by atoms with E-state index in [4.69, 9.17) is 16.6 Å². The summed E-state index contributed by atoms with van der Waals surface area (Å²) >= 11 is 6.61. The number of H-pyrrole nitrogens is 1. The van der Waals surface area contributed by atoms with Gasteiger partial charge in [0.15, 0.2) is 11.5 Å². The molecule has 0 aliphatic carbocycles. The molecule has 39 heavy (non-hydrogen) atoms. The van der Waals surface area contributed by atoms with Crippen LogP contribution in [0.3, 0.4) is 0 Å². The minimum atomic E-state index is -0.128. The van der Waals surface area contributed by atoms with E-state index in [1.165, 1.54) is 83.5 Å². The SMILES string of the molecule is CCCCCCCCCCCCCCCCCC(=O)Cc1ccccc1-c1nc2c(Cl)c(C(C)(C)C)[nH]n2n1. The molecule has 5 nitrogen and oxygen atoms in total. The van der Waals surface area contributed by atoms with Crippen molar-refractivity contribution in [1.29, 1.82) is 0 Å². The van der Waals surface area contributed by atoms with E-state index in [1.54, 1.807) is 4.63 Å². The molecule has 1 N–H and O–H groups in total. The van der Waals surface area contributed by atoms with E-state index in [-0.39, 0.29) is 11.2 Å². The summed E-state index contributed by atoms with van der Waals surface area (Å²) in [5.41, 5.74) is 3.28. The van der Waals surface area contributed by atoms with Gasteiger partial charge in [0, 0.05) is 23.8 Å². The zero-order chi connectivity index (χ0) is 28.1. The van der Waals surface area contributed by atoms with Crippen molar-refractivity contribution in [3.63, 3.8) is 0 Å². The molecule has 216 valence electrons. The van der Waals surface area contributed by atoms with Crippen LogP contribution in [0.5, 0.6) is 0 Å². The Morgan fingerprint density at radius 1 is 0.846 bits per heavy atom. The fourth-order valence-corrected chi connectivity index (χ4v) is 5.74. The topological polar surface area (TPSA) is 63.0 Å². The third kappa shape index (κ3) is 10.1. The van der Waals surface area contributed by atoms with Crippen molar-refractivity contribution < 1.29 is 4.79 Å². The summed E-state index contributed by atoms with van der Waals surface area (Å²) in [7, 11) is 0. The Kier molecular flexibility index (Phi) is 13.0. The first kappa shape index (κ1) is 31.4. The molecular formula is C33H51ClN4O. The number of ketones is 1. The molecule has 0 radical (unpaired) electrons. The van der Waals surface area contributed by atoms with E-state index in [0.717, 1.165) is 29.7 Å². The number of nitrogens with zero attached hydrogens (tertiary/aromatic N) is 3. The van der Waals surface area contributed by atoms with Crippen LogP contribution in [0.1, 0.15) is 142 Å². The maximum atomic E-state index is 12.8. The highest BCUT2D eigenvalue weighted by Crippen LogP contribution is 2.32. The van der Waals surface area contributed by atoms with Crippen molar-refractivity contribution >= 4 is 23.0 Å². The standard InChI is InChI=1S/C33H51ClN4O/c1-5-6-7-8-9-10-11-12-13-14-15-16-17-18-19-23-27(39)25-26-22-20-21-24-28(26)31-35-32-29(34)30(33(2,3)4)36-38(32)37-31/h20-22,24,36H,5-19,23,25H2,1-4H3. The number of aromatic amines is 1. The van der Waals surface area contributed by atoms with E-state index < -0.39 is 0 Å². The molecule has 6 heteroatoms. The second kappa shape index (κ2) is 16.2. The summed E-state index contributed by atoms with van der Waals surface area (Å²) in [5, 5.41) is 8.51. The van der Waals surface area contributed by atoms with Crippen LogP contribution in [0.15, 0.2) is 24.3 Å². The molecule has 1 aromatic carbocycles. The van der Waals surface area contributed by atoms with Gasteiger partial charge in [0.2, 0.25) is 0 Å². The molecule has 0 atom stereocenters. The fourth-order valence-electron chi connectivity index (χ4n) is 5.30. The molecule has 0 saturated heterocycles. The second-order valence-electron chi connectivity index (χ2n) is 12.3. The summed E-state index contributed by atoms with van der Waals surface area (Å²) in [6, 6.07) is 7.95. The van der Waals surface area contributed by atoms with Crippen molar-refractivity contribution in [2.24, 2.45) is 0 Å². The minimum Gasteiger partial charge on any atom is -0.299 e. The van der Waals surface area contributed by atoms with Crippen molar-refractivity contribution in [3.05, 3.63) is 40.5 Å². The summed E-state index contributed by atoms with van der Waals surface area (Å²) in [5.74, 6) is 0.883. The van der Waals surface area contributed by atoms with E-state index in [9.17, 15) is 4.79 Å². The first-order valence-corrected chi connectivity index (χ1v) is 15.9. The van der Waals surface area contributed by atoms with Gasteiger partial charge in [-0.2, -0.15) is 4.63 Å². The molecule has 0 spiro atoms. The Balaban J connectivity index is 1.33. The van der Waals surface area contributed by atoms with Gasteiger partial charge < -0.3 is 0 Å². The van der Waals surface area contributed by atoms with Crippen molar-refractivity contribution in [2.75, 3.05) is 0 Å². The van der Waals surface area contributed by atoms with Gasteiger partial charge in [-0.15, -0.1) is 5.10 Å². The number of carbonyl (C=O) groups is 1. The Bertz CT molecular complexity index is 1140. The summed E-state index contributed by atoms with van der Waals surface area (Å²) < 4.78 is 1.65. The first-order valence-electron chi connectivity index (χ1n) is 15.6. The van der Waals surface area contributed by atoms with Crippen molar-refractivity contribution in [1.82, 2.24) is 19.8 Å². The average Bonchev–Trinajstić information content (AvgIpc) is 3.46. The number of benzene rings is 1. The van der Waals surface area contributed by atoms with Gasteiger partial charge in [0.25, 0.3) is 0 Å². The van der Waals surface area contributed by atoms with E-state index in [0.29, 0.717) is 29.3 Å². The van der Waals surface area contributed by atoms with Crippen molar-refractivity contribution in [3.8, 4) is 11.4 Å². The monoisotopic (exact) mass is 554 g/mol. The van der Waals surface area contributed by atoms with Gasteiger partial charge in [0.1, 0.15) is 10.8 Å². The van der Waals surface area contributed by atoms with Crippen LogP contribution in [0.2, 0.25) is 5.02 Å². The minimum absolute atomic E-state index is 0.128. The predicted octanol–water partition coefficient (Wildman–Crippen LogP) is 10.0. The lowest BCUT2D eigenvalue weighted by Gasteiger charge is -2.16. The van der Waals surface area contributed by atoms with E-state index >= 15 is 0 Å². The van der Waals surface area contributed by atoms with Crippen LogP contribution in [0.4, 0.5) is 0 Å². The van der Waals surface area contributed by atoms with Crippen LogP contribution in [0.25, 0.3) is 17.0 Å². The summed E-state index contributed by atoms with van der Waals surface area (Å²) in [4.78, 5) is 17.5. The summed E-state index contributed by atoms with van der Waals surface area (Å²) in [6.07, 6.45) is 21.1. The van der Waals surface area contributed by atoms with Crippen LogP contribution >= 0.6 is 11.6 Å².